The molecule has 0 N–H and O–H groups in total. The molecule has 0 spiro atoms. The second kappa shape index (κ2) is 6.99. The molecule has 0 aliphatic heterocycles. The van der Waals surface area contributed by atoms with Gasteiger partial charge in [-0.1, -0.05) is 35.9 Å². The maximum Gasteiger partial charge on any atom is 0.119 e. The Morgan fingerprint density at radius 2 is 1.60 bits per heavy atom. The Morgan fingerprint density at radius 3 is 2.20 bits per heavy atom. The fourth-order valence-corrected chi connectivity index (χ4v) is 2.20. The van der Waals surface area contributed by atoms with Crippen LogP contribution in [0.5, 0.6) is 5.75 Å². The SMILES string of the molecule is Cc1ccc(OCCN(c2ccccc2)C(C)C)cc1. The third-order valence-corrected chi connectivity index (χ3v) is 3.33. The van der Waals surface area contributed by atoms with E-state index in [0.29, 0.717) is 12.6 Å². The Morgan fingerprint density at radius 1 is 0.950 bits per heavy atom. The van der Waals surface area contributed by atoms with E-state index in [1.165, 1.54) is 11.3 Å². The molecule has 0 aromatic heterocycles. The highest BCUT2D eigenvalue weighted by atomic mass is 16.5. The molecule has 106 valence electrons. The van der Waals surface area contributed by atoms with Gasteiger partial charge in [-0.25, -0.2) is 0 Å². The quantitative estimate of drug-likeness (QED) is 0.775. The highest BCUT2D eigenvalue weighted by Gasteiger charge is 2.09. The fraction of sp³-hybridized carbons (Fsp3) is 0.333. The van der Waals surface area contributed by atoms with Crippen LogP contribution < -0.4 is 9.64 Å². The molecule has 2 aromatic rings. The third-order valence-electron chi connectivity index (χ3n) is 3.33. The van der Waals surface area contributed by atoms with Gasteiger partial charge >= 0.3 is 0 Å². The summed E-state index contributed by atoms with van der Waals surface area (Å²) in [5, 5.41) is 0. The van der Waals surface area contributed by atoms with Crippen LogP contribution in [0.4, 0.5) is 5.69 Å². The standard InChI is InChI=1S/C18H23NO/c1-15(2)19(17-7-5-4-6-8-17)13-14-20-18-11-9-16(3)10-12-18/h4-12,15H,13-14H2,1-3H3. The fourth-order valence-electron chi connectivity index (χ4n) is 2.20. The highest BCUT2D eigenvalue weighted by molar-refractivity contribution is 5.46. The van der Waals surface area contributed by atoms with Gasteiger partial charge in [0, 0.05) is 11.7 Å². The van der Waals surface area contributed by atoms with Gasteiger partial charge in [0.1, 0.15) is 12.4 Å². The second-order valence-electron chi connectivity index (χ2n) is 5.28. The number of hydrogen-bond acceptors (Lipinski definition) is 2. The van der Waals surface area contributed by atoms with Crippen LogP contribution in [0.2, 0.25) is 0 Å². The summed E-state index contributed by atoms with van der Waals surface area (Å²) in [6.45, 7) is 8.07. The number of para-hydroxylation sites is 1. The van der Waals surface area contributed by atoms with Crippen molar-refractivity contribution < 1.29 is 4.74 Å². The molecule has 20 heavy (non-hydrogen) atoms. The molecule has 2 heteroatoms. The van der Waals surface area contributed by atoms with Crippen molar-refractivity contribution in [2.45, 2.75) is 26.8 Å². The Kier molecular flexibility index (Phi) is 5.05. The number of ether oxygens (including phenoxy) is 1. The van der Waals surface area contributed by atoms with E-state index in [4.69, 9.17) is 4.74 Å². The predicted molar refractivity (Wildman–Crippen MR) is 85.6 cm³/mol. The Labute approximate surface area is 122 Å². The Hall–Kier alpha value is -1.96. The van der Waals surface area contributed by atoms with Crippen LogP contribution in [0, 0.1) is 6.92 Å². The summed E-state index contributed by atoms with van der Waals surface area (Å²) in [5.74, 6) is 0.937. The summed E-state index contributed by atoms with van der Waals surface area (Å²) < 4.78 is 5.82. The summed E-state index contributed by atoms with van der Waals surface area (Å²) in [5.41, 5.74) is 2.50. The first-order valence-corrected chi connectivity index (χ1v) is 7.18. The van der Waals surface area contributed by atoms with Crippen LogP contribution in [0.1, 0.15) is 19.4 Å². The number of benzene rings is 2. The molecule has 0 heterocycles. The average molecular weight is 269 g/mol. The number of hydrogen-bond donors (Lipinski definition) is 0. The zero-order valence-corrected chi connectivity index (χ0v) is 12.5. The first kappa shape index (κ1) is 14.4. The summed E-state index contributed by atoms with van der Waals surface area (Å²) in [6, 6.07) is 19.1. The van der Waals surface area contributed by atoms with Crippen LogP contribution in [0.25, 0.3) is 0 Å². The maximum absolute atomic E-state index is 5.82. The topological polar surface area (TPSA) is 12.5 Å². The number of rotatable bonds is 6. The molecule has 0 fully saturated rings. The molecular formula is C18H23NO. The normalized spacial score (nSPS) is 10.6. The van der Waals surface area contributed by atoms with Gasteiger partial charge in [-0.2, -0.15) is 0 Å². The van der Waals surface area contributed by atoms with Crippen molar-refractivity contribution in [2.24, 2.45) is 0 Å². The maximum atomic E-state index is 5.82. The lowest BCUT2D eigenvalue weighted by atomic mass is 10.2. The molecule has 0 unspecified atom stereocenters. The van der Waals surface area contributed by atoms with Crippen molar-refractivity contribution in [1.82, 2.24) is 0 Å². The molecule has 0 bridgehead atoms. The van der Waals surface area contributed by atoms with Crippen molar-refractivity contribution in [3.05, 3.63) is 60.2 Å². The predicted octanol–water partition coefficient (Wildman–Crippen LogP) is 4.29. The summed E-state index contributed by atoms with van der Waals surface area (Å²) in [7, 11) is 0. The number of anilines is 1. The summed E-state index contributed by atoms with van der Waals surface area (Å²) in [6.07, 6.45) is 0. The number of nitrogens with zero attached hydrogens (tertiary/aromatic N) is 1. The van der Waals surface area contributed by atoms with Gasteiger partial charge in [-0.15, -0.1) is 0 Å². The first-order chi connectivity index (χ1) is 9.66. The molecular weight excluding hydrogens is 246 g/mol. The molecule has 0 saturated heterocycles. The van der Waals surface area contributed by atoms with Gasteiger partial charge in [0.2, 0.25) is 0 Å². The summed E-state index contributed by atoms with van der Waals surface area (Å²) >= 11 is 0. The van der Waals surface area contributed by atoms with Gasteiger partial charge in [0.05, 0.1) is 6.54 Å². The molecule has 0 amide bonds. The third kappa shape index (κ3) is 4.02. The van der Waals surface area contributed by atoms with Gasteiger partial charge in [0.15, 0.2) is 0 Å². The smallest absolute Gasteiger partial charge is 0.119 e. The second-order valence-corrected chi connectivity index (χ2v) is 5.28. The zero-order valence-electron chi connectivity index (χ0n) is 12.5. The van der Waals surface area contributed by atoms with Crippen molar-refractivity contribution in [3.63, 3.8) is 0 Å². The minimum absolute atomic E-state index is 0.457. The summed E-state index contributed by atoms with van der Waals surface area (Å²) in [4.78, 5) is 2.36. The van der Waals surface area contributed by atoms with E-state index in [0.717, 1.165) is 12.3 Å². The minimum Gasteiger partial charge on any atom is -0.492 e. The molecule has 0 atom stereocenters. The van der Waals surface area contributed by atoms with Gasteiger partial charge in [-0.3, -0.25) is 0 Å². The largest absolute Gasteiger partial charge is 0.492 e. The Balaban J connectivity index is 1.91. The van der Waals surface area contributed by atoms with E-state index in [9.17, 15) is 0 Å². The molecule has 0 aliphatic rings. The van der Waals surface area contributed by atoms with Crippen molar-refractivity contribution in [2.75, 3.05) is 18.1 Å². The lowest BCUT2D eigenvalue weighted by molar-refractivity contribution is 0.320. The highest BCUT2D eigenvalue weighted by Crippen LogP contribution is 2.17. The molecule has 2 rings (SSSR count). The number of aryl methyl sites for hydroxylation is 1. The van der Waals surface area contributed by atoms with Crippen LogP contribution >= 0.6 is 0 Å². The van der Waals surface area contributed by atoms with Crippen LogP contribution in [0.15, 0.2) is 54.6 Å². The van der Waals surface area contributed by atoms with E-state index in [-0.39, 0.29) is 0 Å². The van der Waals surface area contributed by atoms with Gasteiger partial charge in [-0.05, 0) is 45.0 Å². The molecule has 2 aromatic carbocycles. The van der Waals surface area contributed by atoms with E-state index < -0.39 is 0 Å². The van der Waals surface area contributed by atoms with Crippen LogP contribution in [0.3, 0.4) is 0 Å². The molecule has 0 radical (unpaired) electrons. The zero-order chi connectivity index (χ0) is 14.4. The molecule has 0 aliphatic carbocycles. The lowest BCUT2D eigenvalue weighted by Gasteiger charge is -2.29. The molecule has 0 saturated carbocycles. The monoisotopic (exact) mass is 269 g/mol. The van der Waals surface area contributed by atoms with E-state index >= 15 is 0 Å². The van der Waals surface area contributed by atoms with E-state index in [1.807, 2.05) is 18.2 Å². The van der Waals surface area contributed by atoms with Gasteiger partial charge in [0.25, 0.3) is 0 Å². The first-order valence-electron chi connectivity index (χ1n) is 7.18. The van der Waals surface area contributed by atoms with Crippen molar-refractivity contribution >= 4 is 5.69 Å². The minimum atomic E-state index is 0.457. The van der Waals surface area contributed by atoms with Crippen molar-refractivity contribution in [1.29, 1.82) is 0 Å². The molecule has 2 nitrogen and oxygen atoms in total. The average Bonchev–Trinajstić information content (AvgIpc) is 2.46. The van der Waals surface area contributed by atoms with Gasteiger partial charge < -0.3 is 9.64 Å². The van der Waals surface area contributed by atoms with Crippen molar-refractivity contribution in [3.8, 4) is 5.75 Å². The van der Waals surface area contributed by atoms with Crippen LogP contribution in [-0.2, 0) is 0 Å². The van der Waals surface area contributed by atoms with Crippen LogP contribution in [-0.4, -0.2) is 19.2 Å². The van der Waals surface area contributed by atoms with E-state index in [1.54, 1.807) is 0 Å². The Bertz CT molecular complexity index is 505. The lowest BCUT2D eigenvalue weighted by Crippen LogP contribution is -2.34. The van der Waals surface area contributed by atoms with E-state index in [2.05, 4.69) is 62.1 Å².